The minimum atomic E-state index is -0.327. The highest BCUT2D eigenvalue weighted by molar-refractivity contribution is 5.81. The van der Waals surface area contributed by atoms with Gasteiger partial charge < -0.3 is 9.47 Å². The topological polar surface area (TPSA) is 35.5 Å². The maximum absolute atomic E-state index is 10.7. The zero-order chi connectivity index (χ0) is 11.1. The smallest absolute Gasteiger partial charge is 0.330 e. The van der Waals surface area contributed by atoms with Crippen LogP contribution in [-0.2, 0) is 14.3 Å². The van der Waals surface area contributed by atoms with Crippen LogP contribution in [0.1, 0.15) is 32.6 Å². The molecule has 1 aliphatic rings. The fourth-order valence-corrected chi connectivity index (χ4v) is 1.75. The Bertz CT molecular complexity index is 213. The second-order valence-corrected chi connectivity index (χ2v) is 4.18. The molecule has 0 unspecified atom stereocenters. The van der Waals surface area contributed by atoms with Gasteiger partial charge in [0.2, 0.25) is 0 Å². The summed E-state index contributed by atoms with van der Waals surface area (Å²) in [5, 5.41) is 0. The van der Waals surface area contributed by atoms with Gasteiger partial charge in [0.05, 0.1) is 19.8 Å². The van der Waals surface area contributed by atoms with Crippen molar-refractivity contribution in [3.05, 3.63) is 12.7 Å². The van der Waals surface area contributed by atoms with Crippen molar-refractivity contribution in [2.45, 2.75) is 32.6 Å². The number of rotatable bonds is 7. The summed E-state index contributed by atoms with van der Waals surface area (Å²) in [6, 6.07) is 0. The minimum Gasteiger partial charge on any atom is -0.463 e. The van der Waals surface area contributed by atoms with Gasteiger partial charge in [0, 0.05) is 11.5 Å². The van der Waals surface area contributed by atoms with Gasteiger partial charge in [-0.25, -0.2) is 4.79 Å². The molecule has 0 aromatic carbocycles. The summed E-state index contributed by atoms with van der Waals surface area (Å²) in [6.45, 7) is 7.85. The highest BCUT2D eigenvalue weighted by Crippen LogP contribution is 2.36. The molecule has 0 saturated carbocycles. The quantitative estimate of drug-likeness (QED) is 0.369. The highest BCUT2D eigenvalue weighted by atomic mass is 16.5. The van der Waals surface area contributed by atoms with E-state index in [0.29, 0.717) is 12.0 Å². The minimum absolute atomic E-state index is 0.327. The van der Waals surface area contributed by atoms with Gasteiger partial charge in [0.1, 0.15) is 0 Å². The van der Waals surface area contributed by atoms with E-state index in [9.17, 15) is 4.79 Å². The second-order valence-electron chi connectivity index (χ2n) is 4.18. The van der Waals surface area contributed by atoms with Crippen LogP contribution >= 0.6 is 0 Å². The summed E-state index contributed by atoms with van der Waals surface area (Å²) in [5.41, 5.74) is 0.419. The molecule has 0 aromatic rings. The van der Waals surface area contributed by atoms with Gasteiger partial charge in [0.25, 0.3) is 0 Å². The van der Waals surface area contributed by atoms with Gasteiger partial charge in [0.15, 0.2) is 0 Å². The van der Waals surface area contributed by atoms with Crippen molar-refractivity contribution in [2.75, 3.05) is 19.8 Å². The summed E-state index contributed by atoms with van der Waals surface area (Å²) in [4.78, 5) is 10.7. The van der Waals surface area contributed by atoms with Crippen LogP contribution in [0.15, 0.2) is 12.7 Å². The largest absolute Gasteiger partial charge is 0.463 e. The first-order valence-electron chi connectivity index (χ1n) is 5.59. The number of carbonyl (C=O) groups excluding carboxylic acids is 1. The van der Waals surface area contributed by atoms with E-state index < -0.39 is 0 Å². The summed E-state index contributed by atoms with van der Waals surface area (Å²) in [7, 11) is 0. The van der Waals surface area contributed by atoms with Crippen LogP contribution in [-0.4, -0.2) is 25.8 Å². The molecule has 1 aliphatic heterocycles. The molecule has 0 amide bonds. The monoisotopic (exact) mass is 212 g/mol. The fourth-order valence-electron chi connectivity index (χ4n) is 1.75. The molecular formula is C12H20O3. The second kappa shape index (κ2) is 5.91. The van der Waals surface area contributed by atoms with E-state index in [1.165, 1.54) is 18.9 Å². The first-order chi connectivity index (χ1) is 7.22. The van der Waals surface area contributed by atoms with E-state index in [2.05, 4.69) is 13.5 Å². The lowest BCUT2D eigenvalue weighted by Gasteiger charge is -2.41. The molecule has 0 N–H and O–H groups in total. The SMILES string of the molecule is C=CC(=O)OCCCCC1(CC)COC1. The van der Waals surface area contributed by atoms with Gasteiger partial charge in [-0.1, -0.05) is 13.5 Å². The fraction of sp³-hybridized carbons (Fsp3) is 0.750. The van der Waals surface area contributed by atoms with Gasteiger partial charge in [-0.15, -0.1) is 0 Å². The Kier molecular flexibility index (Phi) is 4.82. The van der Waals surface area contributed by atoms with Crippen molar-refractivity contribution in [1.29, 1.82) is 0 Å². The third-order valence-corrected chi connectivity index (χ3v) is 3.08. The number of unbranched alkanes of at least 4 members (excludes halogenated alkanes) is 1. The Morgan fingerprint density at radius 1 is 1.53 bits per heavy atom. The van der Waals surface area contributed by atoms with Gasteiger partial charge in [-0.2, -0.15) is 0 Å². The van der Waals surface area contributed by atoms with E-state index in [4.69, 9.17) is 9.47 Å². The first kappa shape index (κ1) is 12.2. The van der Waals surface area contributed by atoms with E-state index in [0.717, 1.165) is 26.1 Å². The molecule has 1 saturated heterocycles. The molecule has 15 heavy (non-hydrogen) atoms. The Hall–Kier alpha value is -0.830. The van der Waals surface area contributed by atoms with Crippen LogP contribution in [0.5, 0.6) is 0 Å². The molecular weight excluding hydrogens is 192 g/mol. The molecule has 86 valence electrons. The summed E-state index contributed by atoms with van der Waals surface area (Å²) in [5.74, 6) is -0.327. The van der Waals surface area contributed by atoms with Crippen molar-refractivity contribution in [3.63, 3.8) is 0 Å². The number of ether oxygens (including phenoxy) is 2. The lowest BCUT2D eigenvalue weighted by Crippen LogP contribution is -2.41. The van der Waals surface area contributed by atoms with Crippen molar-refractivity contribution in [1.82, 2.24) is 0 Å². The lowest BCUT2D eigenvalue weighted by atomic mass is 9.78. The zero-order valence-corrected chi connectivity index (χ0v) is 9.46. The third-order valence-electron chi connectivity index (χ3n) is 3.08. The van der Waals surface area contributed by atoms with Crippen molar-refractivity contribution in [3.8, 4) is 0 Å². The van der Waals surface area contributed by atoms with E-state index in [-0.39, 0.29) is 5.97 Å². The number of hydrogen-bond donors (Lipinski definition) is 0. The normalized spacial score (nSPS) is 17.9. The molecule has 1 heterocycles. The Balaban J connectivity index is 2.01. The van der Waals surface area contributed by atoms with Crippen LogP contribution in [0, 0.1) is 5.41 Å². The van der Waals surface area contributed by atoms with Crippen molar-refractivity contribution < 1.29 is 14.3 Å². The predicted molar refractivity (Wildman–Crippen MR) is 58.6 cm³/mol. The third kappa shape index (κ3) is 3.67. The van der Waals surface area contributed by atoms with Crippen molar-refractivity contribution in [2.24, 2.45) is 5.41 Å². The van der Waals surface area contributed by atoms with E-state index in [1.807, 2.05) is 0 Å². The van der Waals surface area contributed by atoms with Crippen LogP contribution in [0.4, 0.5) is 0 Å². The molecule has 0 spiro atoms. The molecule has 3 nitrogen and oxygen atoms in total. The lowest BCUT2D eigenvalue weighted by molar-refractivity contribution is -0.138. The first-order valence-corrected chi connectivity index (χ1v) is 5.59. The predicted octanol–water partition coefficient (Wildman–Crippen LogP) is 2.31. The number of carbonyl (C=O) groups is 1. The van der Waals surface area contributed by atoms with Gasteiger partial charge in [-0.3, -0.25) is 0 Å². The van der Waals surface area contributed by atoms with Gasteiger partial charge in [-0.05, 0) is 25.7 Å². The maximum Gasteiger partial charge on any atom is 0.330 e. The molecule has 0 aliphatic carbocycles. The van der Waals surface area contributed by atoms with Gasteiger partial charge >= 0.3 is 5.97 Å². The molecule has 0 bridgehead atoms. The molecule has 0 aromatic heterocycles. The average molecular weight is 212 g/mol. The summed E-state index contributed by atoms with van der Waals surface area (Å²) >= 11 is 0. The molecule has 1 fully saturated rings. The summed E-state index contributed by atoms with van der Waals surface area (Å²) < 4.78 is 10.1. The maximum atomic E-state index is 10.7. The van der Waals surface area contributed by atoms with E-state index >= 15 is 0 Å². The van der Waals surface area contributed by atoms with E-state index in [1.54, 1.807) is 0 Å². The standard InChI is InChI=1S/C12H20O3/c1-3-11(13)15-8-6-5-7-12(4-2)9-14-10-12/h3H,1,4-10H2,2H3. The number of esters is 1. The highest BCUT2D eigenvalue weighted by Gasteiger charge is 2.35. The molecule has 3 heteroatoms. The zero-order valence-electron chi connectivity index (χ0n) is 9.46. The molecule has 0 radical (unpaired) electrons. The molecule has 0 atom stereocenters. The van der Waals surface area contributed by atoms with Crippen LogP contribution < -0.4 is 0 Å². The van der Waals surface area contributed by atoms with Crippen molar-refractivity contribution >= 4 is 5.97 Å². The average Bonchev–Trinajstić information content (AvgIpc) is 2.20. The molecule has 1 rings (SSSR count). The van der Waals surface area contributed by atoms with Crippen LogP contribution in [0.3, 0.4) is 0 Å². The van der Waals surface area contributed by atoms with Crippen LogP contribution in [0.25, 0.3) is 0 Å². The number of hydrogen-bond acceptors (Lipinski definition) is 3. The Morgan fingerprint density at radius 3 is 2.73 bits per heavy atom. The van der Waals surface area contributed by atoms with Crippen LogP contribution in [0.2, 0.25) is 0 Å². The Morgan fingerprint density at radius 2 is 2.27 bits per heavy atom. The Labute approximate surface area is 91.4 Å². The summed E-state index contributed by atoms with van der Waals surface area (Å²) in [6.07, 6.45) is 5.59.